The van der Waals surface area contributed by atoms with Crippen LogP contribution in [0.2, 0.25) is 0 Å². The zero-order valence-corrected chi connectivity index (χ0v) is 11.0. The molecule has 1 aromatic rings. The van der Waals surface area contributed by atoms with Crippen molar-refractivity contribution in [3.05, 3.63) is 11.1 Å². The first-order chi connectivity index (χ1) is 7.83. The highest BCUT2D eigenvalue weighted by atomic mass is 32.1. The van der Waals surface area contributed by atoms with E-state index in [2.05, 4.69) is 22.1 Å². The van der Waals surface area contributed by atoms with Crippen LogP contribution in [0, 0.1) is 5.92 Å². The molecule has 1 aliphatic rings. The van der Waals surface area contributed by atoms with Gasteiger partial charge in [0.1, 0.15) is 0 Å². The van der Waals surface area contributed by atoms with Gasteiger partial charge in [0, 0.05) is 30.7 Å². The molecule has 2 heterocycles. The molecule has 4 heteroatoms. The van der Waals surface area contributed by atoms with Gasteiger partial charge in [-0.15, -0.1) is 11.3 Å². The summed E-state index contributed by atoms with van der Waals surface area (Å²) in [5, 5.41) is 4.38. The number of nitrogens with zero attached hydrogens (tertiary/aromatic N) is 2. The summed E-state index contributed by atoms with van der Waals surface area (Å²) >= 11 is 1.83. The van der Waals surface area contributed by atoms with Gasteiger partial charge in [-0.3, -0.25) is 0 Å². The van der Waals surface area contributed by atoms with Crippen molar-refractivity contribution in [2.45, 2.75) is 32.7 Å². The van der Waals surface area contributed by atoms with E-state index in [1.807, 2.05) is 24.6 Å². The molecule has 3 nitrogen and oxygen atoms in total. The van der Waals surface area contributed by atoms with Gasteiger partial charge in [0.15, 0.2) is 5.13 Å². The molecule has 1 fully saturated rings. The van der Waals surface area contributed by atoms with Crippen LogP contribution in [-0.4, -0.2) is 25.1 Å². The van der Waals surface area contributed by atoms with Gasteiger partial charge in [-0.05, 0) is 25.8 Å². The Morgan fingerprint density at radius 2 is 2.50 bits per heavy atom. The fraction of sp³-hybridized carbons (Fsp3) is 0.750. The second-order valence-corrected chi connectivity index (χ2v) is 5.60. The van der Waals surface area contributed by atoms with Gasteiger partial charge in [-0.2, -0.15) is 0 Å². The maximum absolute atomic E-state index is 4.53. The number of piperidine rings is 1. The van der Waals surface area contributed by atoms with Crippen LogP contribution in [0.5, 0.6) is 0 Å². The van der Waals surface area contributed by atoms with E-state index in [1.165, 1.54) is 42.4 Å². The van der Waals surface area contributed by atoms with Gasteiger partial charge < -0.3 is 10.2 Å². The van der Waals surface area contributed by atoms with Crippen LogP contribution >= 0.6 is 11.3 Å². The third kappa shape index (κ3) is 2.74. The average molecular weight is 239 g/mol. The normalized spacial score (nSPS) is 21.4. The number of hydrogen-bond acceptors (Lipinski definition) is 4. The smallest absolute Gasteiger partial charge is 0.185 e. The first-order valence-electron chi connectivity index (χ1n) is 6.17. The topological polar surface area (TPSA) is 28.2 Å². The zero-order valence-electron chi connectivity index (χ0n) is 10.2. The number of anilines is 1. The van der Waals surface area contributed by atoms with E-state index >= 15 is 0 Å². The Hall–Kier alpha value is -0.610. The Labute approximate surface area is 102 Å². The maximum Gasteiger partial charge on any atom is 0.185 e. The van der Waals surface area contributed by atoms with Gasteiger partial charge in [0.25, 0.3) is 0 Å². The molecule has 1 saturated heterocycles. The first-order valence-corrected chi connectivity index (χ1v) is 6.99. The third-order valence-corrected chi connectivity index (χ3v) is 4.32. The largest absolute Gasteiger partial charge is 0.348 e. The molecular weight excluding hydrogens is 218 g/mol. The van der Waals surface area contributed by atoms with Gasteiger partial charge in [-0.1, -0.05) is 13.3 Å². The second-order valence-electron chi connectivity index (χ2n) is 4.50. The van der Waals surface area contributed by atoms with Crippen molar-refractivity contribution in [3.63, 3.8) is 0 Å². The van der Waals surface area contributed by atoms with Crippen LogP contribution in [0.3, 0.4) is 0 Å². The number of rotatable bonds is 4. The summed E-state index contributed by atoms with van der Waals surface area (Å²) in [6.07, 6.45) is 6.01. The van der Waals surface area contributed by atoms with E-state index in [0.717, 1.165) is 12.5 Å². The summed E-state index contributed by atoms with van der Waals surface area (Å²) in [4.78, 5) is 8.32. The fourth-order valence-corrected chi connectivity index (χ4v) is 3.23. The fourth-order valence-electron chi connectivity index (χ4n) is 2.27. The highest BCUT2D eigenvalue weighted by molar-refractivity contribution is 7.15. The van der Waals surface area contributed by atoms with E-state index in [1.54, 1.807) is 0 Å². The van der Waals surface area contributed by atoms with Crippen molar-refractivity contribution in [2.24, 2.45) is 5.92 Å². The molecule has 0 spiro atoms. The highest BCUT2D eigenvalue weighted by Crippen LogP contribution is 2.28. The molecule has 1 aliphatic heterocycles. The minimum absolute atomic E-state index is 0.866. The van der Waals surface area contributed by atoms with Crippen LogP contribution in [0.25, 0.3) is 0 Å². The molecule has 2 rings (SSSR count). The van der Waals surface area contributed by atoms with E-state index in [-0.39, 0.29) is 0 Å². The molecule has 0 saturated carbocycles. The molecule has 0 bridgehead atoms. The van der Waals surface area contributed by atoms with E-state index in [0.29, 0.717) is 0 Å². The van der Waals surface area contributed by atoms with Crippen molar-refractivity contribution < 1.29 is 0 Å². The van der Waals surface area contributed by atoms with Crippen molar-refractivity contribution in [1.29, 1.82) is 0 Å². The Morgan fingerprint density at radius 3 is 3.25 bits per heavy atom. The molecule has 16 heavy (non-hydrogen) atoms. The lowest BCUT2D eigenvalue weighted by molar-refractivity contribution is 0.404. The summed E-state index contributed by atoms with van der Waals surface area (Å²) in [6, 6.07) is 0. The Balaban J connectivity index is 1.99. The molecule has 1 N–H and O–H groups in total. The summed E-state index contributed by atoms with van der Waals surface area (Å²) in [5.74, 6) is 0.866. The zero-order chi connectivity index (χ0) is 11.4. The third-order valence-electron chi connectivity index (χ3n) is 3.26. The SMILES string of the molecule is CCC1CCCN(c2ncc(CNC)s2)C1. The highest BCUT2D eigenvalue weighted by Gasteiger charge is 2.20. The van der Waals surface area contributed by atoms with Crippen LogP contribution in [-0.2, 0) is 6.54 Å². The quantitative estimate of drug-likeness (QED) is 0.875. The molecule has 1 unspecified atom stereocenters. The lowest BCUT2D eigenvalue weighted by atomic mass is 9.96. The molecule has 90 valence electrons. The molecule has 0 amide bonds. The molecule has 0 radical (unpaired) electrons. The van der Waals surface area contributed by atoms with E-state index < -0.39 is 0 Å². The molecule has 1 atom stereocenters. The van der Waals surface area contributed by atoms with Crippen LogP contribution in [0.15, 0.2) is 6.20 Å². The summed E-state index contributed by atoms with van der Waals surface area (Å²) in [6.45, 7) is 5.61. The predicted octanol–water partition coefficient (Wildman–Crippen LogP) is 2.49. The van der Waals surface area contributed by atoms with Gasteiger partial charge >= 0.3 is 0 Å². The lowest BCUT2D eigenvalue weighted by Crippen LogP contribution is -2.34. The van der Waals surface area contributed by atoms with Crippen LogP contribution in [0.1, 0.15) is 31.1 Å². The number of aromatic nitrogens is 1. The number of nitrogens with one attached hydrogen (secondary N) is 1. The Bertz CT molecular complexity index is 324. The minimum Gasteiger partial charge on any atom is -0.348 e. The number of thiazole rings is 1. The summed E-state index contributed by atoms with van der Waals surface area (Å²) in [7, 11) is 1.98. The van der Waals surface area contributed by atoms with Gasteiger partial charge in [0.2, 0.25) is 0 Å². The molecule has 0 aliphatic carbocycles. The Kier molecular flexibility index (Phi) is 4.18. The number of hydrogen-bond donors (Lipinski definition) is 1. The Morgan fingerprint density at radius 1 is 1.62 bits per heavy atom. The van der Waals surface area contributed by atoms with E-state index in [9.17, 15) is 0 Å². The first kappa shape index (κ1) is 11.9. The van der Waals surface area contributed by atoms with Crippen molar-refractivity contribution in [1.82, 2.24) is 10.3 Å². The molecule has 0 aromatic carbocycles. The van der Waals surface area contributed by atoms with Crippen molar-refractivity contribution in [3.8, 4) is 0 Å². The van der Waals surface area contributed by atoms with Gasteiger partial charge in [0.05, 0.1) is 0 Å². The predicted molar refractivity (Wildman–Crippen MR) is 70.1 cm³/mol. The molecule has 1 aromatic heterocycles. The second kappa shape index (κ2) is 5.64. The standard InChI is InChI=1S/C12H21N3S/c1-3-10-5-4-6-15(9-10)12-14-8-11(16-12)7-13-2/h8,10,13H,3-7,9H2,1-2H3. The van der Waals surface area contributed by atoms with E-state index in [4.69, 9.17) is 0 Å². The summed E-state index contributed by atoms with van der Waals surface area (Å²) in [5.41, 5.74) is 0. The minimum atomic E-state index is 0.866. The van der Waals surface area contributed by atoms with Crippen molar-refractivity contribution in [2.75, 3.05) is 25.0 Å². The average Bonchev–Trinajstić information content (AvgIpc) is 2.78. The molecular formula is C12H21N3S. The van der Waals surface area contributed by atoms with Crippen molar-refractivity contribution >= 4 is 16.5 Å². The lowest BCUT2D eigenvalue weighted by Gasteiger charge is -2.31. The van der Waals surface area contributed by atoms with Gasteiger partial charge in [-0.25, -0.2) is 4.98 Å². The summed E-state index contributed by atoms with van der Waals surface area (Å²) < 4.78 is 0. The monoisotopic (exact) mass is 239 g/mol. The maximum atomic E-state index is 4.53. The van der Waals surface area contributed by atoms with Crippen LogP contribution < -0.4 is 10.2 Å². The van der Waals surface area contributed by atoms with Crippen LogP contribution in [0.4, 0.5) is 5.13 Å².